The maximum Gasteiger partial charge on any atom is 0.285 e. The van der Waals surface area contributed by atoms with E-state index in [0.29, 0.717) is 17.9 Å². The molecule has 124 valence electrons. The summed E-state index contributed by atoms with van der Waals surface area (Å²) < 4.78 is 28.0. The first-order valence-electron chi connectivity index (χ1n) is 7.59. The molecular weight excluding hydrogens is 326 g/mol. The van der Waals surface area contributed by atoms with E-state index in [-0.39, 0.29) is 16.4 Å². The molecule has 24 heavy (non-hydrogen) atoms. The molecule has 6 nitrogen and oxygen atoms in total. The molecule has 0 bridgehead atoms. The van der Waals surface area contributed by atoms with Crippen LogP contribution in [0.25, 0.3) is 0 Å². The predicted molar refractivity (Wildman–Crippen MR) is 94.2 cm³/mol. The highest BCUT2D eigenvalue weighted by molar-refractivity contribution is 7.90. The zero-order valence-electron chi connectivity index (χ0n) is 13.1. The van der Waals surface area contributed by atoms with Gasteiger partial charge in [-0.05, 0) is 36.8 Å². The summed E-state index contributed by atoms with van der Waals surface area (Å²) >= 11 is 0. The number of benzene rings is 2. The molecule has 0 atom stereocenters. The first-order chi connectivity index (χ1) is 11.5. The molecule has 1 amide bonds. The fourth-order valence-electron chi connectivity index (χ4n) is 2.48. The third kappa shape index (κ3) is 3.16. The monoisotopic (exact) mass is 343 g/mol. The van der Waals surface area contributed by atoms with Crippen molar-refractivity contribution >= 4 is 33.6 Å². The summed E-state index contributed by atoms with van der Waals surface area (Å²) in [6.07, 6.45) is 2.17. The van der Waals surface area contributed by atoms with E-state index >= 15 is 0 Å². The fraction of sp³-hybridized carbons (Fsp3) is 0.176. The maximum atomic E-state index is 12.4. The molecule has 0 aromatic heterocycles. The van der Waals surface area contributed by atoms with Crippen LogP contribution in [0.3, 0.4) is 0 Å². The third-order valence-corrected chi connectivity index (χ3v) is 4.89. The highest BCUT2D eigenvalue weighted by atomic mass is 32.2. The smallest absolute Gasteiger partial charge is 0.285 e. The first-order valence-corrected chi connectivity index (χ1v) is 9.03. The van der Waals surface area contributed by atoms with Crippen molar-refractivity contribution < 1.29 is 13.2 Å². The Kier molecular flexibility index (Phi) is 4.35. The number of anilines is 2. The highest BCUT2D eigenvalue weighted by Crippen LogP contribution is 2.30. The van der Waals surface area contributed by atoms with E-state index in [1.807, 2.05) is 25.1 Å². The number of amides is 1. The molecule has 0 saturated heterocycles. The van der Waals surface area contributed by atoms with Gasteiger partial charge in [-0.25, -0.2) is 0 Å². The third-order valence-electron chi connectivity index (χ3n) is 3.63. The van der Waals surface area contributed by atoms with Crippen molar-refractivity contribution in [2.24, 2.45) is 4.40 Å². The SMILES string of the molecule is CCCN1C=NS(=O)(=O)c2cc(C(=O)Nc3ccccc3)ccc21. The van der Waals surface area contributed by atoms with Crippen molar-refractivity contribution in [3.8, 4) is 0 Å². The van der Waals surface area contributed by atoms with Crippen molar-refractivity contribution in [1.82, 2.24) is 0 Å². The number of para-hydroxylation sites is 1. The number of hydrogen-bond donors (Lipinski definition) is 1. The van der Waals surface area contributed by atoms with Gasteiger partial charge in [0.2, 0.25) is 0 Å². The maximum absolute atomic E-state index is 12.4. The Morgan fingerprint density at radius 1 is 1.17 bits per heavy atom. The van der Waals surface area contributed by atoms with Crippen LogP contribution < -0.4 is 10.2 Å². The van der Waals surface area contributed by atoms with Gasteiger partial charge in [-0.2, -0.15) is 8.42 Å². The Hall–Kier alpha value is -2.67. The summed E-state index contributed by atoms with van der Waals surface area (Å²) in [4.78, 5) is 14.2. The van der Waals surface area contributed by atoms with Gasteiger partial charge in [0.1, 0.15) is 11.2 Å². The zero-order valence-corrected chi connectivity index (χ0v) is 14.0. The van der Waals surface area contributed by atoms with E-state index in [0.717, 1.165) is 6.42 Å². The van der Waals surface area contributed by atoms with E-state index in [4.69, 9.17) is 0 Å². The molecule has 1 aliphatic rings. The second kappa shape index (κ2) is 6.45. The van der Waals surface area contributed by atoms with Crippen LogP contribution in [-0.2, 0) is 10.0 Å². The number of nitrogens with zero attached hydrogens (tertiary/aromatic N) is 2. The van der Waals surface area contributed by atoms with Gasteiger partial charge in [0.25, 0.3) is 15.9 Å². The minimum Gasteiger partial charge on any atom is -0.331 e. The molecule has 0 unspecified atom stereocenters. The molecule has 0 radical (unpaired) electrons. The molecular formula is C17H17N3O3S. The minimum absolute atomic E-state index is 0.0548. The van der Waals surface area contributed by atoms with Crippen LogP contribution in [0.4, 0.5) is 11.4 Å². The Balaban J connectivity index is 1.94. The molecule has 0 aliphatic carbocycles. The average Bonchev–Trinajstić information content (AvgIpc) is 2.58. The van der Waals surface area contributed by atoms with Gasteiger partial charge in [0.05, 0.1) is 5.69 Å². The number of carbonyl (C=O) groups is 1. The Labute approximate surface area is 140 Å². The second-order valence-electron chi connectivity index (χ2n) is 5.39. The molecule has 0 fully saturated rings. The molecule has 1 N–H and O–H groups in total. The molecule has 2 aromatic carbocycles. The van der Waals surface area contributed by atoms with Crippen LogP contribution in [0, 0.1) is 0 Å². The lowest BCUT2D eigenvalue weighted by Gasteiger charge is -2.25. The lowest BCUT2D eigenvalue weighted by atomic mass is 10.1. The summed E-state index contributed by atoms with van der Waals surface area (Å²) in [5, 5.41) is 2.74. The van der Waals surface area contributed by atoms with Gasteiger partial charge in [-0.1, -0.05) is 25.1 Å². The molecule has 2 aromatic rings. The van der Waals surface area contributed by atoms with Gasteiger partial charge < -0.3 is 10.2 Å². The molecule has 1 aliphatic heterocycles. The summed E-state index contributed by atoms with van der Waals surface area (Å²) in [6, 6.07) is 13.6. The standard InChI is InChI=1S/C17H17N3O3S/c1-2-10-20-12-18-24(22,23)16-11-13(8-9-15(16)20)17(21)19-14-6-4-3-5-7-14/h3-9,11-12H,2,10H2,1H3,(H,19,21). The molecule has 7 heteroatoms. The first kappa shape index (κ1) is 16.2. The number of hydrogen-bond acceptors (Lipinski definition) is 4. The van der Waals surface area contributed by atoms with E-state index in [1.165, 1.54) is 12.4 Å². The van der Waals surface area contributed by atoms with Crippen molar-refractivity contribution in [3.63, 3.8) is 0 Å². The van der Waals surface area contributed by atoms with Gasteiger partial charge in [-0.3, -0.25) is 4.79 Å². The summed E-state index contributed by atoms with van der Waals surface area (Å²) in [5.41, 5.74) is 1.46. The average molecular weight is 343 g/mol. The highest BCUT2D eigenvalue weighted by Gasteiger charge is 2.26. The Morgan fingerprint density at radius 3 is 2.62 bits per heavy atom. The zero-order chi connectivity index (χ0) is 17.2. The van der Waals surface area contributed by atoms with Crippen molar-refractivity contribution in [2.45, 2.75) is 18.2 Å². The quantitative estimate of drug-likeness (QED) is 0.926. The normalized spacial score (nSPS) is 15.0. The summed E-state index contributed by atoms with van der Waals surface area (Å²) in [5.74, 6) is -0.365. The fourth-order valence-corrected chi connectivity index (χ4v) is 3.56. The van der Waals surface area contributed by atoms with E-state index in [9.17, 15) is 13.2 Å². The van der Waals surface area contributed by atoms with E-state index in [1.54, 1.807) is 29.2 Å². The Morgan fingerprint density at radius 2 is 1.92 bits per heavy atom. The predicted octanol–water partition coefficient (Wildman–Crippen LogP) is 2.89. The van der Waals surface area contributed by atoms with Crippen molar-refractivity contribution in [3.05, 3.63) is 54.1 Å². The van der Waals surface area contributed by atoms with Crippen molar-refractivity contribution in [1.29, 1.82) is 0 Å². The molecule has 0 saturated carbocycles. The van der Waals surface area contributed by atoms with Crippen LogP contribution in [0.15, 0.2) is 57.8 Å². The lowest BCUT2D eigenvalue weighted by Crippen LogP contribution is -2.28. The van der Waals surface area contributed by atoms with Crippen LogP contribution in [0.1, 0.15) is 23.7 Å². The van der Waals surface area contributed by atoms with Gasteiger partial charge >= 0.3 is 0 Å². The summed E-state index contributed by atoms with van der Waals surface area (Å²) in [6.45, 7) is 2.65. The van der Waals surface area contributed by atoms with Gasteiger partial charge in [-0.15, -0.1) is 4.40 Å². The molecule has 0 spiro atoms. The number of carbonyl (C=O) groups excluding carboxylic acids is 1. The topological polar surface area (TPSA) is 78.8 Å². The van der Waals surface area contributed by atoms with Crippen LogP contribution in [0.5, 0.6) is 0 Å². The van der Waals surface area contributed by atoms with Gasteiger partial charge in [0, 0.05) is 17.8 Å². The number of fused-ring (bicyclic) bond motifs is 1. The van der Waals surface area contributed by atoms with Crippen molar-refractivity contribution in [2.75, 3.05) is 16.8 Å². The minimum atomic E-state index is -3.77. The Bertz CT molecular complexity index is 893. The largest absolute Gasteiger partial charge is 0.331 e. The van der Waals surface area contributed by atoms with Crippen LogP contribution in [0.2, 0.25) is 0 Å². The number of sulfonamides is 1. The van der Waals surface area contributed by atoms with Gasteiger partial charge in [0.15, 0.2) is 0 Å². The summed E-state index contributed by atoms with van der Waals surface area (Å²) in [7, 11) is -3.77. The number of nitrogens with one attached hydrogen (secondary N) is 1. The van der Waals surface area contributed by atoms with Crippen LogP contribution in [-0.4, -0.2) is 27.2 Å². The van der Waals surface area contributed by atoms with Crippen LogP contribution >= 0.6 is 0 Å². The number of rotatable bonds is 4. The van der Waals surface area contributed by atoms with E-state index in [2.05, 4.69) is 9.71 Å². The van der Waals surface area contributed by atoms with E-state index < -0.39 is 10.0 Å². The lowest BCUT2D eigenvalue weighted by molar-refractivity contribution is 0.102. The molecule has 3 rings (SSSR count). The second-order valence-corrected chi connectivity index (χ2v) is 6.99. The molecule has 1 heterocycles.